The first-order valence-corrected chi connectivity index (χ1v) is 4.18. The van der Waals surface area contributed by atoms with Crippen molar-refractivity contribution in [3.63, 3.8) is 0 Å². The summed E-state index contributed by atoms with van der Waals surface area (Å²) in [6.45, 7) is 5.39. The van der Waals surface area contributed by atoms with Gasteiger partial charge in [0.2, 0.25) is 0 Å². The molecule has 0 bridgehead atoms. The van der Waals surface area contributed by atoms with Gasteiger partial charge >= 0.3 is 0 Å². The summed E-state index contributed by atoms with van der Waals surface area (Å²) in [4.78, 5) is 4.05. The predicted molar refractivity (Wildman–Crippen MR) is 52.6 cm³/mol. The quantitative estimate of drug-likeness (QED) is 0.368. The number of allylic oxidation sites excluding steroid dienone is 2. The number of rotatable bonds is 4. The van der Waals surface area contributed by atoms with E-state index in [0.29, 0.717) is 17.3 Å². The normalized spacial score (nSPS) is 13.4. The van der Waals surface area contributed by atoms with Crippen LogP contribution in [0.2, 0.25) is 0 Å². The Morgan fingerprint density at radius 1 is 1.64 bits per heavy atom. The van der Waals surface area contributed by atoms with E-state index in [1.165, 1.54) is 0 Å². The van der Waals surface area contributed by atoms with Gasteiger partial charge in [-0.3, -0.25) is 4.99 Å². The lowest BCUT2D eigenvalue weighted by Gasteiger charge is -1.96. The average molecular weight is 192 g/mol. The highest BCUT2D eigenvalue weighted by molar-refractivity contribution is 6.29. The number of halogens is 2. The van der Waals surface area contributed by atoms with E-state index in [2.05, 4.69) is 11.6 Å². The van der Waals surface area contributed by atoms with Gasteiger partial charge in [0.15, 0.2) is 0 Å². The van der Waals surface area contributed by atoms with Crippen LogP contribution in [0.1, 0.15) is 13.3 Å². The molecule has 0 spiro atoms. The molecule has 0 unspecified atom stereocenters. The molecule has 0 atom stereocenters. The molecule has 0 aromatic rings. The van der Waals surface area contributed by atoms with Crippen molar-refractivity contribution in [1.82, 2.24) is 0 Å². The Morgan fingerprint density at radius 3 is 2.64 bits per heavy atom. The SMILES string of the molecule is C=CC/C(N=CCCl)=C(/C)Cl. The molecule has 0 aromatic heterocycles. The van der Waals surface area contributed by atoms with Crippen molar-refractivity contribution in [3.05, 3.63) is 23.4 Å². The van der Waals surface area contributed by atoms with Crippen molar-refractivity contribution in [2.75, 3.05) is 5.88 Å². The highest BCUT2D eigenvalue weighted by Crippen LogP contribution is 2.13. The zero-order valence-electron chi connectivity index (χ0n) is 6.48. The highest BCUT2D eigenvalue weighted by Gasteiger charge is 1.93. The van der Waals surface area contributed by atoms with Crippen molar-refractivity contribution in [2.24, 2.45) is 4.99 Å². The second-order valence-corrected chi connectivity index (χ2v) is 2.81. The zero-order valence-corrected chi connectivity index (χ0v) is 7.99. The second-order valence-electron chi connectivity index (χ2n) is 1.94. The van der Waals surface area contributed by atoms with Crippen LogP contribution in [0.25, 0.3) is 0 Å². The molecule has 0 aliphatic carbocycles. The third-order valence-corrected chi connectivity index (χ3v) is 1.41. The number of nitrogens with zero attached hydrogens (tertiary/aromatic N) is 1. The van der Waals surface area contributed by atoms with E-state index in [4.69, 9.17) is 23.2 Å². The average Bonchev–Trinajstić information content (AvgIpc) is 1.97. The van der Waals surface area contributed by atoms with Crippen molar-refractivity contribution in [1.29, 1.82) is 0 Å². The fourth-order valence-electron chi connectivity index (χ4n) is 0.564. The molecule has 0 rings (SSSR count). The van der Waals surface area contributed by atoms with Gasteiger partial charge in [0, 0.05) is 17.7 Å². The number of hydrogen-bond acceptors (Lipinski definition) is 1. The van der Waals surface area contributed by atoms with Gasteiger partial charge in [-0.25, -0.2) is 0 Å². The Labute approximate surface area is 77.4 Å². The summed E-state index contributed by atoms with van der Waals surface area (Å²) in [7, 11) is 0. The van der Waals surface area contributed by atoms with Gasteiger partial charge in [-0.15, -0.1) is 18.2 Å². The van der Waals surface area contributed by atoms with Crippen LogP contribution in [0.4, 0.5) is 0 Å². The lowest BCUT2D eigenvalue weighted by atomic mass is 10.3. The maximum atomic E-state index is 5.73. The molecule has 3 heteroatoms. The molecule has 11 heavy (non-hydrogen) atoms. The van der Waals surface area contributed by atoms with Crippen LogP contribution in [0.3, 0.4) is 0 Å². The molecule has 0 radical (unpaired) electrons. The molecule has 0 aliphatic heterocycles. The van der Waals surface area contributed by atoms with Crippen molar-refractivity contribution < 1.29 is 0 Å². The van der Waals surface area contributed by atoms with Crippen LogP contribution in [0.5, 0.6) is 0 Å². The Balaban J connectivity index is 4.23. The zero-order chi connectivity index (χ0) is 8.69. The van der Waals surface area contributed by atoms with Gasteiger partial charge in [0.1, 0.15) is 0 Å². The Bertz CT molecular complexity index is 179. The lowest BCUT2D eigenvalue weighted by molar-refractivity contribution is 1.15. The Hall–Kier alpha value is -0.270. The van der Waals surface area contributed by atoms with Gasteiger partial charge < -0.3 is 0 Å². The van der Waals surface area contributed by atoms with Crippen LogP contribution in [-0.2, 0) is 0 Å². The molecule has 0 saturated carbocycles. The monoisotopic (exact) mass is 191 g/mol. The number of aliphatic imine (C=N–C) groups is 1. The molecular formula is C8H11Cl2N. The molecule has 0 N–H and O–H groups in total. The molecule has 62 valence electrons. The molecule has 0 aromatic carbocycles. The fourth-order valence-corrected chi connectivity index (χ4v) is 0.759. The summed E-state index contributed by atoms with van der Waals surface area (Å²) < 4.78 is 0. The summed E-state index contributed by atoms with van der Waals surface area (Å²) in [5.74, 6) is 0.408. The molecule has 1 nitrogen and oxygen atoms in total. The van der Waals surface area contributed by atoms with E-state index in [0.717, 1.165) is 5.70 Å². The van der Waals surface area contributed by atoms with Crippen molar-refractivity contribution >= 4 is 29.4 Å². The summed E-state index contributed by atoms with van der Waals surface area (Å²) in [6, 6.07) is 0. The van der Waals surface area contributed by atoms with Crippen molar-refractivity contribution in [2.45, 2.75) is 13.3 Å². The molecule has 0 fully saturated rings. The minimum absolute atomic E-state index is 0.408. The smallest absolute Gasteiger partial charge is 0.0579 e. The highest BCUT2D eigenvalue weighted by atomic mass is 35.5. The van der Waals surface area contributed by atoms with E-state index >= 15 is 0 Å². The van der Waals surface area contributed by atoms with Gasteiger partial charge in [0.25, 0.3) is 0 Å². The summed E-state index contributed by atoms with van der Waals surface area (Å²) >= 11 is 11.1. The van der Waals surface area contributed by atoms with E-state index in [-0.39, 0.29) is 0 Å². The second kappa shape index (κ2) is 6.44. The van der Waals surface area contributed by atoms with E-state index in [1.54, 1.807) is 19.2 Å². The molecule has 0 aliphatic rings. The standard InChI is InChI=1S/C8H11Cl2N/c1-3-4-8(7(2)10)11-6-5-9/h3,6H,1,4-5H2,2H3/b8-7+,11-6?. The molecule has 0 heterocycles. The predicted octanol–water partition coefficient (Wildman–Crippen LogP) is 3.34. The third-order valence-electron chi connectivity index (χ3n) is 1.05. The Kier molecular flexibility index (Phi) is 6.28. The van der Waals surface area contributed by atoms with Gasteiger partial charge in [0.05, 0.1) is 11.6 Å². The third kappa shape index (κ3) is 5.05. The first kappa shape index (κ1) is 10.7. The number of hydrogen-bond donors (Lipinski definition) is 0. The number of alkyl halides is 1. The topological polar surface area (TPSA) is 12.4 Å². The minimum atomic E-state index is 0.408. The van der Waals surface area contributed by atoms with Crippen LogP contribution < -0.4 is 0 Å². The van der Waals surface area contributed by atoms with Crippen LogP contribution >= 0.6 is 23.2 Å². The largest absolute Gasteiger partial charge is 0.263 e. The Morgan fingerprint density at radius 2 is 2.27 bits per heavy atom. The van der Waals surface area contributed by atoms with E-state index in [9.17, 15) is 0 Å². The molecule has 0 saturated heterocycles. The van der Waals surface area contributed by atoms with E-state index < -0.39 is 0 Å². The van der Waals surface area contributed by atoms with Crippen LogP contribution in [-0.4, -0.2) is 12.1 Å². The van der Waals surface area contributed by atoms with Gasteiger partial charge in [-0.1, -0.05) is 17.7 Å². The van der Waals surface area contributed by atoms with Crippen molar-refractivity contribution in [3.8, 4) is 0 Å². The molecule has 0 amide bonds. The summed E-state index contributed by atoms with van der Waals surface area (Å²) in [5, 5.41) is 0.686. The van der Waals surface area contributed by atoms with Gasteiger partial charge in [-0.2, -0.15) is 0 Å². The van der Waals surface area contributed by atoms with Crippen LogP contribution in [0, 0.1) is 0 Å². The first-order valence-electron chi connectivity index (χ1n) is 3.27. The summed E-state index contributed by atoms with van der Waals surface area (Å²) in [5.41, 5.74) is 0.822. The minimum Gasteiger partial charge on any atom is -0.263 e. The fraction of sp³-hybridized carbons (Fsp3) is 0.375. The van der Waals surface area contributed by atoms with Gasteiger partial charge in [-0.05, 0) is 6.92 Å². The summed E-state index contributed by atoms with van der Waals surface area (Å²) in [6.07, 6.45) is 4.06. The van der Waals surface area contributed by atoms with E-state index in [1.807, 2.05) is 0 Å². The van der Waals surface area contributed by atoms with Crippen LogP contribution in [0.15, 0.2) is 28.4 Å². The lowest BCUT2D eigenvalue weighted by Crippen LogP contribution is -1.81. The molecular weight excluding hydrogens is 181 g/mol. The maximum Gasteiger partial charge on any atom is 0.0579 e. The maximum absolute atomic E-state index is 5.73. The first-order chi connectivity index (χ1) is 5.22.